The van der Waals surface area contributed by atoms with Gasteiger partial charge in [0.2, 0.25) is 0 Å². The highest BCUT2D eigenvalue weighted by atomic mass is 19.3. The summed E-state index contributed by atoms with van der Waals surface area (Å²) in [6.07, 6.45) is 2.80. The molecule has 6 nitrogen and oxygen atoms in total. The molecule has 0 bridgehead atoms. The molecule has 2 amide bonds. The molecule has 0 spiro atoms. The predicted molar refractivity (Wildman–Crippen MR) is 80.4 cm³/mol. The largest absolute Gasteiger partial charge is 0.376 e. The second-order valence-corrected chi connectivity index (χ2v) is 7.01. The first-order valence-electron chi connectivity index (χ1n) is 8.24. The average molecular weight is 338 g/mol. The molecule has 0 aromatic carbocycles. The van der Waals surface area contributed by atoms with Gasteiger partial charge in [0.1, 0.15) is 5.82 Å². The van der Waals surface area contributed by atoms with Gasteiger partial charge >= 0.3 is 6.03 Å². The number of hydrogen-bond acceptors (Lipinski definition) is 4. The van der Waals surface area contributed by atoms with Gasteiger partial charge < -0.3 is 15.0 Å². The maximum Gasteiger partial charge on any atom is 0.317 e. The molecule has 1 saturated carbocycles. The van der Waals surface area contributed by atoms with Gasteiger partial charge in [-0.2, -0.15) is 0 Å². The minimum absolute atomic E-state index is 0.109. The minimum atomic E-state index is -2.65. The molecule has 1 N–H and O–H groups in total. The number of amides is 2. The van der Waals surface area contributed by atoms with Crippen molar-refractivity contribution in [3.63, 3.8) is 0 Å². The summed E-state index contributed by atoms with van der Waals surface area (Å²) in [4.78, 5) is 22.4. The van der Waals surface area contributed by atoms with Crippen LogP contribution in [0.5, 0.6) is 0 Å². The molecule has 2 aliphatic heterocycles. The molecule has 1 aliphatic carbocycles. The van der Waals surface area contributed by atoms with E-state index >= 15 is 0 Å². The molecule has 1 aromatic heterocycles. The Morgan fingerprint density at radius 3 is 3.17 bits per heavy atom. The maximum absolute atomic E-state index is 13.7. The van der Waals surface area contributed by atoms with Crippen LogP contribution in [0.3, 0.4) is 0 Å². The van der Waals surface area contributed by atoms with E-state index < -0.39 is 17.3 Å². The smallest absolute Gasteiger partial charge is 0.317 e. The van der Waals surface area contributed by atoms with Crippen molar-refractivity contribution in [2.24, 2.45) is 11.3 Å². The van der Waals surface area contributed by atoms with E-state index in [1.54, 1.807) is 13.1 Å². The quantitative estimate of drug-likeness (QED) is 0.892. The molecule has 24 heavy (non-hydrogen) atoms. The summed E-state index contributed by atoms with van der Waals surface area (Å²) < 4.78 is 32.8. The number of rotatable bonds is 2. The topological polar surface area (TPSA) is 67.4 Å². The van der Waals surface area contributed by atoms with Crippen LogP contribution in [0.25, 0.3) is 0 Å². The van der Waals surface area contributed by atoms with Gasteiger partial charge in [0.15, 0.2) is 0 Å². The molecule has 3 heterocycles. The Kier molecular flexibility index (Phi) is 3.49. The van der Waals surface area contributed by atoms with E-state index in [4.69, 9.17) is 4.74 Å². The van der Waals surface area contributed by atoms with Crippen molar-refractivity contribution in [3.8, 4) is 0 Å². The number of ether oxygens (including phenoxy) is 1. The van der Waals surface area contributed by atoms with Gasteiger partial charge in [0, 0.05) is 36.7 Å². The number of piperidine rings is 1. The van der Waals surface area contributed by atoms with Crippen molar-refractivity contribution >= 4 is 6.03 Å². The molecular formula is C16H20F2N4O2. The molecule has 0 radical (unpaired) electrons. The summed E-state index contributed by atoms with van der Waals surface area (Å²) in [6.45, 7) is 3.43. The van der Waals surface area contributed by atoms with Crippen LogP contribution in [0.4, 0.5) is 13.6 Å². The number of alkyl halides is 2. The van der Waals surface area contributed by atoms with E-state index in [1.165, 1.54) is 4.90 Å². The van der Waals surface area contributed by atoms with Crippen molar-refractivity contribution in [2.45, 2.75) is 38.8 Å². The van der Waals surface area contributed by atoms with Gasteiger partial charge in [-0.15, -0.1) is 0 Å². The molecule has 1 aromatic rings. The Morgan fingerprint density at radius 2 is 2.38 bits per heavy atom. The van der Waals surface area contributed by atoms with E-state index in [9.17, 15) is 13.6 Å². The van der Waals surface area contributed by atoms with Crippen LogP contribution in [0.2, 0.25) is 0 Å². The van der Waals surface area contributed by atoms with Crippen LogP contribution in [-0.2, 0) is 24.3 Å². The number of nitrogens with one attached hydrogen (secondary N) is 1. The Labute approximate surface area is 138 Å². The minimum Gasteiger partial charge on any atom is -0.376 e. The zero-order valence-corrected chi connectivity index (χ0v) is 13.5. The normalized spacial score (nSPS) is 30.3. The van der Waals surface area contributed by atoms with Crippen LogP contribution >= 0.6 is 0 Å². The van der Waals surface area contributed by atoms with Crippen LogP contribution in [0, 0.1) is 11.3 Å². The molecular weight excluding hydrogens is 318 g/mol. The van der Waals surface area contributed by atoms with Crippen molar-refractivity contribution < 1.29 is 18.3 Å². The Morgan fingerprint density at radius 1 is 1.54 bits per heavy atom. The Bertz CT molecular complexity index is 684. The molecule has 4 rings (SSSR count). The summed E-state index contributed by atoms with van der Waals surface area (Å²) >= 11 is 0. The van der Waals surface area contributed by atoms with Crippen molar-refractivity contribution in [3.05, 3.63) is 23.3 Å². The summed E-state index contributed by atoms with van der Waals surface area (Å²) in [6, 6.07) is -0.329. The first kappa shape index (κ1) is 15.7. The zero-order chi connectivity index (χ0) is 16.9. The van der Waals surface area contributed by atoms with Gasteiger partial charge in [-0.3, -0.25) is 0 Å². The van der Waals surface area contributed by atoms with E-state index in [2.05, 4.69) is 15.3 Å². The number of halogens is 2. The fourth-order valence-electron chi connectivity index (χ4n) is 3.72. The summed E-state index contributed by atoms with van der Waals surface area (Å²) in [5.41, 5.74) is 1.00. The molecule has 8 heteroatoms. The lowest BCUT2D eigenvalue weighted by Gasteiger charge is -2.28. The highest BCUT2D eigenvalue weighted by molar-refractivity contribution is 5.74. The second-order valence-electron chi connectivity index (χ2n) is 7.01. The van der Waals surface area contributed by atoms with Crippen LogP contribution in [0.15, 0.2) is 6.20 Å². The molecule has 3 aliphatic rings. The third kappa shape index (κ3) is 2.35. The van der Waals surface area contributed by atoms with E-state index in [-0.39, 0.29) is 19.1 Å². The highest BCUT2D eigenvalue weighted by Gasteiger charge is 2.78. The number of carbonyl (C=O) groups is 1. The van der Waals surface area contributed by atoms with Gasteiger partial charge in [0.05, 0.1) is 31.4 Å². The van der Waals surface area contributed by atoms with Crippen molar-refractivity contribution in [1.29, 1.82) is 0 Å². The van der Waals surface area contributed by atoms with Crippen LogP contribution < -0.4 is 5.32 Å². The zero-order valence-electron chi connectivity index (χ0n) is 13.5. The van der Waals surface area contributed by atoms with E-state index in [0.29, 0.717) is 32.0 Å². The standard InChI is InChI=1S/C16H20F2N4O2/c1-15-3-4-22(8-12(15)16(15,17)18)14(23)20-7-13-19-6-10-9-24-5-2-11(10)21-13/h6,12H,2-5,7-9H2,1H3,(H,20,23). The molecule has 130 valence electrons. The Balaban J connectivity index is 1.34. The number of fused-ring (bicyclic) bond motifs is 2. The monoisotopic (exact) mass is 338 g/mol. The fourth-order valence-corrected chi connectivity index (χ4v) is 3.72. The number of hydrogen-bond donors (Lipinski definition) is 1. The lowest BCUT2D eigenvalue weighted by atomic mass is 9.98. The predicted octanol–water partition coefficient (Wildman–Crippen LogP) is 1.74. The van der Waals surface area contributed by atoms with Gasteiger partial charge in [-0.25, -0.2) is 23.5 Å². The van der Waals surface area contributed by atoms with E-state index in [0.717, 1.165) is 17.7 Å². The first-order valence-corrected chi connectivity index (χ1v) is 8.24. The molecule has 2 unspecified atom stereocenters. The lowest BCUT2D eigenvalue weighted by Crippen LogP contribution is -2.44. The number of nitrogens with zero attached hydrogens (tertiary/aromatic N) is 3. The number of aromatic nitrogens is 2. The molecule has 2 fully saturated rings. The fraction of sp³-hybridized carbons (Fsp3) is 0.688. The van der Waals surface area contributed by atoms with Gasteiger partial charge in [0.25, 0.3) is 5.92 Å². The van der Waals surface area contributed by atoms with Gasteiger partial charge in [-0.1, -0.05) is 6.92 Å². The molecule has 1 saturated heterocycles. The van der Waals surface area contributed by atoms with Crippen molar-refractivity contribution in [1.82, 2.24) is 20.2 Å². The summed E-state index contributed by atoms with van der Waals surface area (Å²) in [5, 5.41) is 2.74. The first-order chi connectivity index (χ1) is 11.4. The number of likely N-dealkylation sites (tertiary alicyclic amines) is 1. The lowest BCUT2D eigenvalue weighted by molar-refractivity contribution is 0.0636. The van der Waals surface area contributed by atoms with E-state index in [1.807, 2.05) is 0 Å². The van der Waals surface area contributed by atoms with Crippen molar-refractivity contribution in [2.75, 3.05) is 19.7 Å². The van der Waals surface area contributed by atoms with Crippen LogP contribution in [0.1, 0.15) is 30.4 Å². The Hall–Kier alpha value is -1.83. The van der Waals surface area contributed by atoms with Gasteiger partial charge in [-0.05, 0) is 6.42 Å². The van der Waals surface area contributed by atoms with Crippen LogP contribution in [-0.4, -0.2) is 46.5 Å². The second kappa shape index (κ2) is 5.34. The highest BCUT2D eigenvalue weighted by Crippen LogP contribution is 2.69. The number of carbonyl (C=O) groups excluding carboxylic acids is 1. The third-order valence-corrected chi connectivity index (χ3v) is 5.62. The summed E-state index contributed by atoms with van der Waals surface area (Å²) in [7, 11) is 0. The SMILES string of the molecule is CC12CCN(C(=O)NCc3ncc4c(n3)CCOC4)CC1C2(F)F. The average Bonchev–Trinajstić information content (AvgIpc) is 3.04. The summed E-state index contributed by atoms with van der Waals surface area (Å²) in [5.74, 6) is -2.83. The molecule has 2 atom stereocenters. The number of urea groups is 1. The maximum atomic E-state index is 13.7. The third-order valence-electron chi connectivity index (χ3n) is 5.62.